The van der Waals surface area contributed by atoms with Crippen molar-refractivity contribution in [2.45, 2.75) is 57.3 Å². The third-order valence-electron chi connectivity index (χ3n) is 2.85. The van der Waals surface area contributed by atoms with Gasteiger partial charge in [0.25, 0.3) is 5.92 Å². The quantitative estimate of drug-likeness (QED) is 0.678. The molecule has 1 aliphatic rings. The first-order valence-corrected chi connectivity index (χ1v) is 5.67. The van der Waals surface area contributed by atoms with Gasteiger partial charge in [-0.25, -0.2) is 8.78 Å². The molecular weight excluding hydrogens is 214 g/mol. The SMILES string of the molecule is C=CCC(F)(F)C(C)(C)OC1CCCCO1. The van der Waals surface area contributed by atoms with Crippen LogP contribution in [0.15, 0.2) is 12.7 Å². The molecule has 4 heteroatoms. The summed E-state index contributed by atoms with van der Waals surface area (Å²) in [5.74, 6) is -2.92. The first-order chi connectivity index (χ1) is 7.39. The van der Waals surface area contributed by atoms with Crippen molar-refractivity contribution in [1.29, 1.82) is 0 Å². The van der Waals surface area contributed by atoms with Gasteiger partial charge in [-0.1, -0.05) is 6.08 Å². The Bertz CT molecular complexity index is 233. The van der Waals surface area contributed by atoms with Crippen LogP contribution in [-0.2, 0) is 9.47 Å². The van der Waals surface area contributed by atoms with E-state index in [0.717, 1.165) is 12.8 Å². The Labute approximate surface area is 95.6 Å². The smallest absolute Gasteiger partial charge is 0.279 e. The summed E-state index contributed by atoms with van der Waals surface area (Å²) in [7, 11) is 0. The van der Waals surface area contributed by atoms with Crippen LogP contribution in [0, 0.1) is 0 Å². The van der Waals surface area contributed by atoms with Crippen molar-refractivity contribution < 1.29 is 18.3 Å². The molecule has 0 aromatic heterocycles. The van der Waals surface area contributed by atoms with E-state index in [9.17, 15) is 8.78 Å². The summed E-state index contributed by atoms with van der Waals surface area (Å²) in [6.07, 6.45) is 2.96. The summed E-state index contributed by atoms with van der Waals surface area (Å²) in [5.41, 5.74) is -1.52. The molecule has 0 N–H and O–H groups in total. The van der Waals surface area contributed by atoms with Crippen LogP contribution >= 0.6 is 0 Å². The van der Waals surface area contributed by atoms with Crippen LogP contribution in [0.3, 0.4) is 0 Å². The lowest BCUT2D eigenvalue weighted by molar-refractivity contribution is -0.275. The van der Waals surface area contributed by atoms with Crippen LogP contribution < -0.4 is 0 Å². The minimum atomic E-state index is -2.92. The van der Waals surface area contributed by atoms with E-state index in [-0.39, 0.29) is 6.42 Å². The Morgan fingerprint density at radius 2 is 2.12 bits per heavy atom. The van der Waals surface area contributed by atoms with Gasteiger partial charge in [-0.2, -0.15) is 0 Å². The predicted molar refractivity (Wildman–Crippen MR) is 58.5 cm³/mol. The van der Waals surface area contributed by atoms with E-state index in [0.29, 0.717) is 13.0 Å². The monoisotopic (exact) mass is 234 g/mol. The van der Waals surface area contributed by atoms with Gasteiger partial charge in [-0.3, -0.25) is 0 Å². The average molecular weight is 234 g/mol. The molecule has 1 heterocycles. The van der Waals surface area contributed by atoms with Crippen molar-refractivity contribution in [3.05, 3.63) is 12.7 Å². The third kappa shape index (κ3) is 3.25. The normalized spacial score (nSPS) is 23.1. The van der Waals surface area contributed by atoms with E-state index in [1.165, 1.54) is 19.9 Å². The molecule has 0 radical (unpaired) electrons. The lowest BCUT2D eigenvalue weighted by Crippen LogP contribution is -2.48. The Kier molecular flexibility index (Phi) is 4.44. The fourth-order valence-electron chi connectivity index (χ4n) is 1.65. The topological polar surface area (TPSA) is 18.5 Å². The second-order valence-electron chi connectivity index (χ2n) is 4.62. The molecule has 0 aromatic rings. The molecule has 1 fully saturated rings. The summed E-state index contributed by atoms with van der Waals surface area (Å²) in [6.45, 7) is 6.73. The molecular formula is C12H20F2O2. The van der Waals surface area contributed by atoms with Gasteiger partial charge >= 0.3 is 0 Å². The Balaban J connectivity index is 2.57. The fraction of sp³-hybridized carbons (Fsp3) is 0.833. The minimum Gasteiger partial charge on any atom is -0.353 e. The largest absolute Gasteiger partial charge is 0.353 e. The lowest BCUT2D eigenvalue weighted by atomic mass is 9.97. The predicted octanol–water partition coefficient (Wildman–Crippen LogP) is 3.52. The molecule has 1 rings (SSSR count). The van der Waals surface area contributed by atoms with Crippen LogP contribution in [0.4, 0.5) is 8.78 Å². The average Bonchev–Trinajstić information content (AvgIpc) is 2.18. The first-order valence-electron chi connectivity index (χ1n) is 5.67. The molecule has 0 aromatic carbocycles. The number of alkyl halides is 2. The van der Waals surface area contributed by atoms with E-state index in [2.05, 4.69) is 6.58 Å². The Morgan fingerprint density at radius 3 is 2.62 bits per heavy atom. The zero-order chi connectivity index (χ0) is 12.2. The first kappa shape index (κ1) is 13.6. The third-order valence-corrected chi connectivity index (χ3v) is 2.85. The molecule has 2 nitrogen and oxygen atoms in total. The van der Waals surface area contributed by atoms with Gasteiger partial charge in [-0.15, -0.1) is 6.58 Å². The van der Waals surface area contributed by atoms with Crippen molar-refractivity contribution in [2.75, 3.05) is 6.61 Å². The molecule has 1 saturated heterocycles. The molecule has 94 valence electrons. The fourth-order valence-corrected chi connectivity index (χ4v) is 1.65. The molecule has 0 bridgehead atoms. The summed E-state index contributed by atoms with van der Waals surface area (Å²) >= 11 is 0. The number of halogens is 2. The van der Waals surface area contributed by atoms with E-state index >= 15 is 0 Å². The van der Waals surface area contributed by atoms with Gasteiger partial charge in [0, 0.05) is 13.0 Å². The van der Waals surface area contributed by atoms with Gasteiger partial charge in [0.15, 0.2) is 6.29 Å². The van der Waals surface area contributed by atoms with Crippen molar-refractivity contribution in [3.8, 4) is 0 Å². The maximum atomic E-state index is 13.7. The van der Waals surface area contributed by atoms with Crippen LogP contribution in [-0.4, -0.2) is 24.4 Å². The number of ether oxygens (including phenoxy) is 2. The number of allylic oxidation sites excluding steroid dienone is 1. The highest BCUT2D eigenvalue weighted by molar-refractivity contribution is 4.92. The maximum Gasteiger partial charge on any atom is 0.279 e. The molecule has 1 unspecified atom stereocenters. The maximum absolute atomic E-state index is 13.7. The summed E-state index contributed by atoms with van der Waals surface area (Å²) in [4.78, 5) is 0. The van der Waals surface area contributed by atoms with E-state index in [1.807, 2.05) is 0 Å². The van der Waals surface area contributed by atoms with E-state index < -0.39 is 17.8 Å². The van der Waals surface area contributed by atoms with Gasteiger partial charge in [0.05, 0.1) is 0 Å². The molecule has 0 amide bonds. The highest BCUT2D eigenvalue weighted by Gasteiger charge is 2.48. The molecule has 0 saturated carbocycles. The standard InChI is InChI=1S/C12H20F2O2/c1-4-8-12(13,14)11(2,3)16-10-7-5-6-9-15-10/h4,10H,1,5-9H2,2-3H3. The van der Waals surface area contributed by atoms with Crippen LogP contribution in [0.2, 0.25) is 0 Å². The van der Waals surface area contributed by atoms with Gasteiger partial charge in [-0.05, 0) is 33.1 Å². The number of hydrogen-bond acceptors (Lipinski definition) is 2. The molecule has 1 atom stereocenters. The highest BCUT2D eigenvalue weighted by Crippen LogP contribution is 2.37. The second kappa shape index (κ2) is 5.23. The summed E-state index contributed by atoms with van der Waals surface area (Å²) in [6, 6.07) is 0. The Hall–Kier alpha value is -0.480. The zero-order valence-corrected chi connectivity index (χ0v) is 9.97. The summed E-state index contributed by atoms with van der Waals surface area (Å²) in [5, 5.41) is 0. The number of hydrogen-bond donors (Lipinski definition) is 0. The Morgan fingerprint density at radius 1 is 1.44 bits per heavy atom. The van der Waals surface area contributed by atoms with Crippen LogP contribution in [0.5, 0.6) is 0 Å². The van der Waals surface area contributed by atoms with Crippen LogP contribution in [0.25, 0.3) is 0 Å². The minimum absolute atomic E-state index is 0.382. The zero-order valence-electron chi connectivity index (χ0n) is 9.97. The van der Waals surface area contributed by atoms with Crippen molar-refractivity contribution >= 4 is 0 Å². The molecule has 16 heavy (non-hydrogen) atoms. The summed E-state index contributed by atoms with van der Waals surface area (Å²) < 4.78 is 38.1. The highest BCUT2D eigenvalue weighted by atomic mass is 19.3. The lowest BCUT2D eigenvalue weighted by Gasteiger charge is -2.37. The van der Waals surface area contributed by atoms with Crippen molar-refractivity contribution in [2.24, 2.45) is 0 Å². The van der Waals surface area contributed by atoms with E-state index in [4.69, 9.17) is 9.47 Å². The number of rotatable bonds is 5. The van der Waals surface area contributed by atoms with E-state index in [1.54, 1.807) is 0 Å². The molecule has 0 spiro atoms. The van der Waals surface area contributed by atoms with Crippen molar-refractivity contribution in [3.63, 3.8) is 0 Å². The van der Waals surface area contributed by atoms with Gasteiger partial charge in [0.1, 0.15) is 5.60 Å². The van der Waals surface area contributed by atoms with Gasteiger partial charge < -0.3 is 9.47 Å². The van der Waals surface area contributed by atoms with Crippen molar-refractivity contribution in [1.82, 2.24) is 0 Å². The van der Waals surface area contributed by atoms with Gasteiger partial charge in [0.2, 0.25) is 0 Å². The molecule has 0 aliphatic carbocycles. The molecule has 1 aliphatic heterocycles. The second-order valence-corrected chi connectivity index (χ2v) is 4.62. The van der Waals surface area contributed by atoms with Crippen LogP contribution in [0.1, 0.15) is 39.5 Å².